The van der Waals surface area contributed by atoms with Gasteiger partial charge in [0.05, 0.1) is 10.7 Å². The molecule has 0 radical (unpaired) electrons. The van der Waals surface area contributed by atoms with Crippen molar-refractivity contribution in [2.24, 2.45) is 5.92 Å². The van der Waals surface area contributed by atoms with Crippen LogP contribution in [0.15, 0.2) is 24.3 Å². The zero-order chi connectivity index (χ0) is 16.6. The number of nitrogens with zero attached hydrogens (tertiary/aromatic N) is 1. The first-order valence-corrected chi connectivity index (χ1v) is 9.02. The number of carbonyl (C=O) groups excluding carboxylic acids is 1. The smallest absolute Gasteiger partial charge is 0.227 e. The Morgan fingerprint density at radius 3 is 2.78 bits per heavy atom. The van der Waals surface area contributed by atoms with Gasteiger partial charge in [-0.2, -0.15) is 0 Å². The van der Waals surface area contributed by atoms with Crippen LogP contribution in [0.25, 0.3) is 0 Å². The topological polar surface area (TPSA) is 42.0 Å². The third kappa shape index (κ3) is 3.47. The van der Waals surface area contributed by atoms with Gasteiger partial charge in [-0.1, -0.05) is 39.0 Å². The summed E-state index contributed by atoms with van der Waals surface area (Å²) >= 11 is 1.73. The molecule has 0 spiro atoms. The number of rotatable bonds is 2. The molecule has 3 rings (SSSR count). The first kappa shape index (κ1) is 16.2. The van der Waals surface area contributed by atoms with Crippen LogP contribution < -0.4 is 5.32 Å². The molecule has 0 saturated heterocycles. The normalized spacial score (nSPS) is 17.7. The second-order valence-corrected chi connectivity index (χ2v) is 8.62. The van der Waals surface area contributed by atoms with Gasteiger partial charge < -0.3 is 5.32 Å². The molecule has 23 heavy (non-hydrogen) atoms. The van der Waals surface area contributed by atoms with E-state index < -0.39 is 0 Å². The number of carbonyl (C=O) groups is 1. The fourth-order valence-electron chi connectivity index (χ4n) is 3.21. The number of aryl methyl sites for hydroxylation is 2. The number of thiazole rings is 1. The lowest BCUT2D eigenvalue weighted by molar-refractivity contribution is -0.120. The molecular formula is C19H24N2OS. The first-order chi connectivity index (χ1) is 10.8. The van der Waals surface area contributed by atoms with E-state index in [1.165, 1.54) is 16.1 Å². The molecule has 122 valence electrons. The number of benzene rings is 1. The summed E-state index contributed by atoms with van der Waals surface area (Å²) in [5, 5.41) is 4.28. The molecular weight excluding hydrogens is 304 g/mol. The highest BCUT2D eigenvalue weighted by molar-refractivity contribution is 7.11. The summed E-state index contributed by atoms with van der Waals surface area (Å²) in [5.74, 6) is 0.189. The van der Waals surface area contributed by atoms with E-state index in [4.69, 9.17) is 0 Å². The molecule has 1 unspecified atom stereocenters. The molecule has 0 fully saturated rings. The van der Waals surface area contributed by atoms with Crippen molar-refractivity contribution in [2.45, 2.75) is 52.4 Å². The van der Waals surface area contributed by atoms with Crippen molar-refractivity contribution in [1.29, 1.82) is 0 Å². The summed E-state index contributed by atoms with van der Waals surface area (Å²) < 4.78 is 0. The standard InChI is InChI=1S/C19H24N2OS/c1-12-20-16-10-9-13(11-17(16)23-12)18(22)21-15-8-6-5-7-14(15)19(2,3)4/h5-8,13H,9-11H2,1-4H3,(H,21,22). The van der Waals surface area contributed by atoms with Gasteiger partial charge in [-0.15, -0.1) is 11.3 Å². The largest absolute Gasteiger partial charge is 0.326 e. The second kappa shape index (κ2) is 6.08. The lowest BCUT2D eigenvalue weighted by atomic mass is 9.85. The summed E-state index contributed by atoms with van der Waals surface area (Å²) in [5.41, 5.74) is 3.33. The number of nitrogens with one attached hydrogen (secondary N) is 1. The average Bonchev–Trinajstić information content (AvgIpc) is 2.85. The molecule has 2 aromatic rings. The van der Waals surface area contributed by atoms with Gasteiger partial charge in [-0.05, 0) is 43.2 Å². The minimum Gasteiger partial charge on any atom is -0.326 e. The maximum absolute atomic E-state index is 12.7. The monoisotopic (exact) mass is 328 g/mol. The van der Waals surface area contributed by atoms with Crippen LogP contribution >= 0.6 is 11.3 Å². The van der Waals surface area contributed by atoms with E-state index in [1.54, 1.807) is 11.3 Å². The molecule has 1 aliphatic carbocycles. The summed E-state index contributed by atoms with van der Waals surface area (Å²) in [7, 11) is 0. The SMILES string of the molecule is Cc1nc2c(s1)CC(C(=O)Nc1ccccc1C(C)(C)C)CC2. The van der Waals surface area contributed by atoms with Crippen LogP contribution in [-0.4, -0.2) is 10.9 Å². The summed E-state index contributed by atoms with van der Waals surface area (Å²) in [6.07, 6.45) is 2.63. The lowest BCUT2D eigenvalue weighted by Gasteiger charge is -2.25. The van der Waals surface area contributed by atoms with Crippen LogP contribution in [0.3, 0.4) is 0 Å². The van der Waals surface area contributed by atoms with E-state index in [0.29, 0.717) is 0 Å². The Morgan fingerprint density at radius 2 is 2.04 bits per heavy atom. The van der Waals surface area contributed by atoms with Gasteiger partial charge in [0.15, 0.2) is 0 Å². The first-order valence-electron chi connectivity index (χ1n) is 8.20. The minimum absolute atomic E-state index is 0.0123. The van der Waals surface area contributed by atoms with Crippen molar-refractivity contribution in [3.8, 4) is 0 Å². The summed E-state index contributed by atoms with van der Waals surface area (Å²) in [4.78, 5) is 18.6. The number of amides is 1. The Bertz CT molecular complexity index is 727. The lowest BCUT2D eigenvalue weighted by Crippen LogP contribution is -2.29. The molecule has 0 aliphatic heterocycles. The number of para-hydroxylation sites is 1. The Morgan fingerprint density at radius 1 is 1.30 bits per heavy atom. The molecule has 1 heterocycles. The van der Waals surface area contributed by atoms with Gasteiger partial charge in [-0.3, -0.25) is 4.79 Å². The molecule has 0 saturated carbocycles. The predicted molar refractivity (Wildman–Crippen MR) is 96.1 cm³/mol. The highest BCUT2D eigenvalue weighted by Crippen LogP contribution is 2.32. The van der Waals surface area contributed by atoms with E-state index in [2.05, 4.69) is 37.1 Å². The number of aromatic nitrogens is 1. The second-order valence-electron chi connectivity index (χ2n) is 7.33. The van der Waals surface area contributed by atoms with E-state index in [0.717, 1.165) is 30.0 Å². The maximum atomic E-state index is 12.7. The number of hydrogen-bond acceptors (Lipinski definition) is 3. The molecule has 3 nitrogen and oxygen atoms in total. The number of fused-ring (bicyclic) bond motifs is 1. The van der Waals surface area contributed by atoms with E-state index in [-0.39, 0.29) is 17.2 Å². The van der Waals surface area contributed by atoms with Crippen molar-refractivity contribution in [2.75, 3.05) is 5.32 Å². The zero-order valence-corrected chi connectivity index (χ0v) is 15.1. The summed E-state index contributed by atoms with van der Waals surface area (Å²) in [6, 6.07) is 8.12. The zero-order valence-electron chi connectivity index (χ0n) is 14.3. The van der Waals surface area contributed by atoms with Crippen molar-refractivity contribution in [1.82, 2.24) is 4.98 Å². The number of hydrogen-bond donors (Lipinski definition) is 1. The van der Waals surface area contributed by atoms with E-state index >= 15 is 0 Å². The van der Waals surface area contributed by atoms with Crippen LogP contribution in [0.4, 0.5) is 5.69 Å². The van der Waals surface area contributed by atoms with Crippen LogP contribution in [-0.2, 0) is 23.1 Å². The van der Waals surface area contributed by atoms with Crippen molar-refractivity contribution in [3.05, 3.63) is 45.4 Å². The van der Waals surface area contributed by atoms with Crippen molar-refractivity contribution in [3.63, 3.8) is 0 Å². The van der Waals surface area contributed by atoms with Gasteiger partial charge >= 0.3 is 0 Å². The molecule has 0 bridgehead atoms. The average molecular weight is 328 g/mol. The third-order valence-corrected chi connectivity index (χ3v) is 5.45. The van der Waals surface area contributed by atoms with Crippen LogP contribution in [0, 0.1) is 12.8 Å². The van der Waals surface area contributed by atoms with Gasteiger partial charge in [0.2, 0.25) is 5.91 Å². The van der Waals surface area contributed by atoms with Crippen molar-refractivity contribution >= 4 is 22.9 Å². The Kier molecular flexibility index (Phi) is 4.28. The van der Waals surface area contributed by atoms with Gasteiger partial charge in [0, 0.05) is 16.5 Å². The third-order valence-electron chi connectivity index (χ3n) is 4.41. The highest BCUT2D eigenvalue weighted by atomic mass is 32.1. The molecule has 1 aliphatic rings. The maximum Gasteiger partial charge on any atom is 0.227 e. The van der Waals surface area contributed by atoms with E-state index in [9.17, 15) is 4.79 Å². The van der Waals surface area contributed by atoms with E-state index in [1.807, 2.05) is 25.1 Å². The van der Waals surface area contributed by atoms with Gasteiger partial charge in [0.1, 0.15) is 0 Å². The fourth-order valence-corrected chi connectivity index (χ4v) is 4.27. The Balaban J connectivity index is 1.76. The Hall–Kier alpha value is -1.68. The predicted octanol–water partition coefficient (Wildman–Crippen LogP) is 4.49. The minimum atomic E-state index is 0.0123. The molecule has 1 N–H and O–H groups in total. The van der Waals surface area contributed by atoms with Crippen LogP contribution in [0.1, 0.15) is 48.3 Å². The number of anilines is 1. The quantitative estimate of drug-likeness (QED) is 0.882. The molecule has 1 aromatic heterocycles. The molecule has 4 heteroatoms. The molecule has 1 amide bonds. The van der Waals surface area contributed by atoms with Crippen LogP contribution in [0.2, 0.25) is 0 Å². The van der Waals surface area contributed by atoms with Crippen molar-refractivity contribution < 1.29 is 4.79 Å². The highest BCUT2D eigenvalue weighted by Gasteiger charge is 2.28. The fraction of sp³-hybridized carbons (Fsp3) is 0.474. The molecule has 1 aromatic carbocycles. The van der Waals surface area contributed by atoms with Gasteiger partial charge in [-0.25, -0.2) is 4.98 Å². The Labute approximate surface area is 142 Å². The van der Waals surface area contributed by atoms with Gasteiger partial charge in [0.25, 0.3) is 0 Å². The van der Waals surface area contributed by atoms with Crippen LogP contribution in [0.5, 0.6) is 0 Å². The summed E-state index contributed by atoms with van der Waals surface area (Å²) in [6.45, 7) is 8.55. The molecule has 1 atom stereocenters.